The van der Waals surface area contributed by atoms with Crippen molar-refractivity contribution in [2.75, 3.05) is 21.4 Å². The van der Waals surface area contributed by atoms with Crippen molar-refractivity contribution in [3.63, 3.8) is 0 Å². The predicted molar refractivity (Wildman–Crippen MR) is 142 cm³/mol. The van der Waals surface area contributed by atoms with E-state index < -0.39 is 6.17 Å². The summed E-state index contributed by atoms with van der Waals surface area (Å²) in [6, 6.07) is 19.4. The van der Waals surface area contributed by atoms with E-state index in [1.807, 2.05) is 86.9 Å². The van der Waals surface area contributed by atoms with E-state index in [2.05, 4.69) is 25.7 Å². The summed E-state index contributed by atoms with van der Waals surface area (Å²) in [4.78, 5) is 27.5. The fourth-order valence-electron chi connectivity index (χ4n) is 4.84. The van der Waals surface area contributed by atoms with Crippen LogP contribution in [0.15, 0.2) is 79.4 Å². The van der Waals surface area contributed by atoms with E-state index in [9.17, 15) is 4.79 Å². The highest BCUT2D eigenvalue weighted by Crippen LogP contribution is 2.34. The summed E-state index contributed by atoms with van der Waals surface area (Å²) in [7, 11) is 0. The molecule has 1 amide bonds. The molecule has 2 aromatic carbocycles. The lowest BCUT2D eigenvalue weighted by Crippen LogP contribution is -2.59. The van der Waals surface area contributed by atoms with Gasteiger partial charge in [0.15, 0.2) is 0 Å². The number of anilines is 3. The number of benzene rings is 2. The van der Waals surface area contributed by atoms with Crippen LogP contribution in [0.4, 0.5) is 17.3 Å². The van der Waals surface area contributed by atoms with Crippen LogP contribution >= 0.6 is 0 Å². The number of nitrogens with two attached hydrogens (primary N) is 1. The summed E-state index contributed by atoms with van der Waals surface area (Å²) in [6.45, 7) is 3.95. The van der Waals surface area contributed by atoms with Crippen LogP contribution in [0.2, 0.25) is 0 Å². The number of nitrogens with one attached hydrogen (secondary N) is 3. The standard InChI is InChI=1S/C27H26N8O/c1-16-11-13-34-23(16)27(36)35(20-6-4-3-5-7-20)26(33-34)17(2)32-25-22(24(28)30-15-31-25)19-9-8-18-10-12-29-21(18)14-19/h3-15,17,26,29,33H,1-2H3,(H3,28,30,31,32)/t17-,26?/m0/s1. The van der Waals surface area contributed by atoms with Gasteiger partial charge in [0.05, 0.1) is 11.6 Å². The highest BCUT2D eigenvalue weighted by Gasteiger charge is 2.37. The van der Waals surface area contributed by atoms with Gasteiger partial charge in [-0.15, -0.1) is 0 Å². The number of hydrogen-bond donors (Lipinski definition) is 4. The van der Waals surface area contributed by atoms with Crippen molar-refractivity contribution < 1.29 is 4.79 Å². The van der Waals surface area contributed by atoms with Crippen LogP contribution in [0.5, 0.6) is 0 Å². The Hall–Kier alpha value is -4.79. The van der Waals surface area contributed by atoms with Crippen LogP contribution < -0.4 is 21.4 Å². The Labute approximate surface area is 208 Å². The molecule has 9 nitrogen and oxygen atoms in total. The second-order valence-electron chi connectivity index (χ2n) is 9.00. The quantitative estimate of drug-likeness (QED) is 0.298. The van der Waals surface area contributed by atoms with Gasteiger partial charge in [-0.05, 0) is 60.7 Å². The van der Waals surface area contributed by atoms with E-state index in [1.54, 1.807) is 9.58 Å². The first kappa shape index (κ1) is 21.7. The Bertz CT molecular complexity index is 1570. The largest absolute Gasteiger partial charge is 0.383 e. The van der Waals surface area contributed by atoms with Crippen LogP contribution in [-0.2, 0) is 0 Å². The summed E-state index contributed by atoms with van der Waals surface area (Å²) in [5, 5.41) is 4.62. The number of carbonyl (C=O) groups excluding carboxylic acids is 1. The van der Waals surface area contributed by atoms with Crippen molar-refractivity contribution in [2.45, 2.75) is 26.1 Å². The molecule has 1 aliphatic heterocycles. The molecule has 5 aromatic rings. The van der Waals surface area contributed by atoms with Gasteiger partial charge in [0.25, 0.3) is 5.91 Å². The number of nitrogens with zero attached hydrogens (tertiary/aromatic N) is 4. The van der Waals surface area contributed by atoms with Gasteiger partial charge in [-0.2, -0.15) is 0 Å². The average molecular weight is 479 g/mol. The molecule has 6 rings (SSSR count). The minimum atomic E-state index is -0.408. The Morgan fingerprint density at radius 1 is 1.08 bits per heavy atom. The zero-order valence-electron chi connectivity index (χ0n) is 19.9. The maximum absolute atomic E-state index is 13.7. The van der Waals surface area contributed by atoms with Crippen molar-refractivity contribution in [3.05, 3.63) is 90.6 Å². The highest BCUT2D eigenvalue weighted by atomic mass is 16.2. The number of hydrogen-bond acceptors (Lipinski definition) is 6. The molecular formula is C27H26N8O. The number of para-hydroxylation sites is 1. The fourth-order valence-corrected chi connectivity index (χ4v) is 4.84. The molecule has 1 unspecified atom stereocenters. The van der Waals surface area contributed by atoms with Crippen molar-refractivity contribution >= 4 is 34.1 Å². The van der Waals surface area contributed by atoms with Crippen LogP contribution in [-0.4, -0.2) is 37.7 Å². The fraction of sp³-hybridized carbons (Fsp3) is 0.148. The molecule has 0 aliphatic carbocycles. The smallest absolute Gasteiger partial charge is 0.278 e. The van der Waals surface area contributed by atoms with Gasteiger partial charge in [-0.25, -0.2) is 9.97 Å². The molecule has 0 spiro atoms. The summed E-state index contributed by atoms with van der Waals surface area (Å²) in [5.41, 5.74) is 14.8. The van der Waals surface area contributed by atoms with E-state index in [-0.39, 0.29) is 11.9 Å². The highest BCUT2D eigenvalue weighted by molar-refractivity contribution is 6.07. The van der Waals surface area contributed by atoms with E-state index in [1.165, 1.54) is 6.33 Å². The first-order chi connectivity index (χ1) is 17.5. The number of nitrogen functional groups attached to an aromatic ring is 1. The topological polar surface area (TPSA) is 117 Å². The molecule has 0 radical (unpaired) electrons. The Morgan fingerprint density at radius 2 is 1.92 bits per heavy atom. The number of H-pyrrole nitrogens is 1. The number of aryl methyl sites for hydroxylation is 1. The van der Waals surface area contributed by atoms with Gasteiger partial charge in [0.1, 0.15) is 29.8 Å². The number of fused-ring (bicyclic) bond motifs is 2. The molecule has 9 heteroatoms. The molecule has 2 atom stereocenters. The van der Waals surface area contributed by atoms with Crippen molar-refractivity contribution in [2.24, 2.45) is 0 Å². The Morgan fingerprint density at radius 3 is 2.75 bits per heavy atom. The molecule has 1 aliphatic rings. The number of rotatable bonds is 5. The Balaban J connectivity index is 1.39. The minimum absolute atomic E-state index is 0.0688. The first-order valence-corrected chi connectivity index (χ1v) is 11.8. The van der Waals surface area contributed by atoms with E-state index >= 15 is 0 Å². The van der Waals surface area contributed by atoms with E-state index in [0.717, 1.165) is 27.7 Å². The predicted octanol–water partition coefficient (Wildman–Crippen LogP) is 4.35. The summed E-state index contributed by atoms with van der Waals surface area (Å²) in [6.07, 6.45) is 4.82. The normalized spacial score (nSPS) is 16.0. The molecular weight excluding hydrogens is 452 g/mol. The Kier molecular flexibility index (Phi) is 5.10. The molecule has 4 heterocycles. The van der Waals surface area contributed by atoms with Gasteiger partial charge in [0, 0.05) is 23.6 Å². The van der Waals surface area contributed by atoms with Gasteiger partial charge in [-0.1, -0.05) is 30.3 Å². The molecule has 0 bridgehead atoms. The number of amides is 1. The van der Waals surface area contributed by atoms with E-state index in [0.29, 0.717) is 22.9 Å². The van der Waals surface area contributed by atoms with Gasteiger partial charge >= 0.3 is 0 Å². The van der Waals surface area contributed by atoms with Crippen LogP contribution in [0, 0.1) is 6.92 Å². The van der Waals surface area contributed by atoms with Crippen LogP contribution in [0.1, 0.15) is 23.0 Å². The van der Waals surface area contributed by atoms with Crippen molar-refractivity contribution in [3.8, 4) is 11.1 Å². The zero-order valence-corrected chi connectivity index (χ0v) is 19.9. The molecule has 180 valence electrons. The van der Waals surface area contributed by atoms with Gasteiger partial charge < -0.3 is 21.5 Å². The third-order valence-corrected chi connectivity index (χ3v) is 6.65. The summed E-state index contributed by atoms with van der Waals surface area (Å²) < 4.78 is 1.80. The summed E-state index contributed by atoms with van der Waals surface area (Å²) in [5.74, 6) is 0.903. The number of aromatic nitrogens is 4. The maximum atomic E-state index is 13.7. The SMILES string of the molecule is Cc1ccn2c1C(=O)N(c1ccccc1)C([C@H](C)Nc1ncnc(N)c1-c1ccc3cc[nH]c3c1)N2. The second-order valence-corrected chi connectivity index (χ2v) is 9.00. The number of carbonyl (C=O) groups is 1. The van der Waals surface area contributed by atoms with Crippen molar-refractivity contribution in [1.29, 1.82) is 0 Å². The lowest BCUT2D eigenvalue weighted by Gasteiger charge is -2.41. The molecule has 36 heavy (non-hydrogen) atoms. The number of aromatic amines is 1. The zero-order chi connectivity index (χ0) is 24.8. The van der Waals surface area contributed by atoms with Gasteiger partial charge in [-0.3, -0.25) is 14.4 Å². The van der Waals surface area contributed by atoms with Gasteiger partial charge in [0.2, 0.25) is 0 Å². The first-order valence-electron chi connectivity index (χ1n) is 11.8. The van der Waals surface area contributed by atoms with Crippen molar-refractivity contribution in [1.82, 2.24) is 19.6 Å². The maximum Gasteiger partial charge on any atom is 0.278 e. The third-order valence-electron chi connectivity index (χ3n) is 6.65. The summed E-state index contributed by atoms with van der Waals surface area (Å²) >= 11 is 0. The molecule has 0 saturated carbocycles. The van der Waals surface area contributed by atoms with Crippen LogP contribution in [0.25, 0.3) is 22.0 Å². The lowest BCUT2D eigenvalue weighted by molar-refractivity contribution is 0.0954. The van der Waals surface area contributed by atoms with Crippen LogP contribution in [0.3, 0.4) is 0 Å². The monoisotopic (exact) mass is 478 g/mol. The molecule has 5 N–H and O–H groups in total. The molecule has 0 fully saturated rings. The second kappa shape index (κ2) is 8.46. The molecule has 0 saturated heterocycles. The molecule has 3 aromatic heterocycles. The average Bonchev–Trinajstić information content (AvgIpc) is 3.50. The third kappa shape index (κ3) is 3.52. The lowest BCUT2D eigenvalue weighted by atomic mass is 10.0. The van der Waals surface area contributed by atoms with E-state index in [4.69, 9.17) is 5.73 Å². The minimum Gasteiger partial charge on any atom is -0.383 e.